The van der Waals surface area contributed by atoms with Gasteiger partial charge in [-0.15, -0.1) is 0 Å². The summed E-state index contributed by atoms with van der Waals surface area (Å²) in [6.45, 7) is 2.69. The first-order valence-corrected chi connectivity index (χ1v) is 3.08. The summed E-state index contributed by atoms with van der Waals surface area (Å²) in [7, 11) is 1.30. The third-order valence-corrected chi connectivity index (χ3v) is 0.915. The fourth-order valence-corrected chi connectivity index (χ4v) is 0.486. The zero-order valence-electron chi connectivity index (χ0n) is 6.71. The molecular weight excluding hydrogens is 150 g/mol. The van der Waals surface area contributed by atoms with Gasteiger partial charge in [0.1, 0.15) is 0 Å². The molecule has 1 amide bonds. The third-order valence-electron chi connectivity index (χ3n) is 0.915. The highest BCUT2D eigenvalue weighted by Gasteiger charge is 2.14. The van der Waals surface area contributed by atoms with E-state index in [1.807, 2.05) is 5.48 Å². The molecule has 0 radical (unpaired) electrons. The van der Waals surface area contributed by atoms with Crippen molar-refractivity contribution in [3.8, 4) is 0 Å². The minimum absolute atomic E-state index is 0.484. The molecule has 1 N–H and O–H groups in total. The van der Waals surface area contributed by atoms with Crippen molar-refractivity contribution in [1.29, 1.82) is 0 Å². The first-order chi connectivity index (χ1) is 5.07. The summed E-state index contributed by atoms with van der Waals surface area (Å²) in [5, 5.41) is 0. The zero-order chi connectivity index (χ0) is 8.85. The second kappa shape index (κ2) is 4.68. The molecule has 0 unspecified atom stereocenters. The Morgan fingerprint density at radius 3 is 2.36 bits per heavy atom. The molecule has 0 spiro atoms. The minimum Gasteiger partial charge on any atom is -0.453 e. The predicted molar refractivity (Wildman–Crippen MR) is 36.4 cm³/mol. The van der Waals surface area contributed by atoms with Crippen LogP contribution < -0.4 is 5.48 Å². The van der Waals surface area contributed by atoms with Crippen LogP contribution in [-0.2, 0) is 19.2 Å². The molecule has 1 atom stereocenters. The molecule has 0 aliphatic rings. The topological polar surface area (TPSA) is 64.6 Å². The van der Waals surface area contributed by atoms with Gasteiger partial charge in [0.05, 0.1) is 7.11 Å². The Morgan fingerprint density at radius 2 is 2.00 bits per heavy atom. The van der Waals surface area contributed by atoms with Crippen LogP contribution in [0.4, 0.5) is 0 Å². The van der Waals surface area contributed by atoms with Crippen molar-refractivity contribution in [2.24, 2.45) is 0 Å². The molecule has 0 bridgehead atoms. The lowest BCUT2D eigenvalue weighted by Gasteiger charge is -2.09. The number of esters is 1. The van der Waals surface area contributed by atoms with E-state index in [4.69, 9.17) is 0 Å². The number of hydrogen-bond acceptors (Lipinski definition) is 4. The average molecular weight is 161 g/mol. The van der Waals surface area contributed by atoms with Gasteiger partial charge in [-0.2, -0.15) is 0 Å². The Labute approximate surface area is 64.6 Å². The van der Waals surface area contributed by atoms with Gasteiger partial charge in [0.15, 0.2) is 6.10 Å². The molecule has 0 aromatic heterocycles. The van der Waals surface area contributed by atoms with Gasteiger partial charge in [-0.3, -0.25) is 14.4 Å². The molecule has 5 heteroatoms. The van der Waals surface area contributed by atoms with Gasteiger partial charge in [-0.25, -0.2) is 5.48 Å². The fourth-order valence-electron chi connectivity index (χ4n) is 0.486. The Hall–Kier alpha value is -1.10. The lowest BCUT2D eigenvalue weighted by Crippen LogP contribution is -2.34. The monoisotopic (exact) mass is 161 g/mol. The largest absolute Gasteiger partial charge is 0.453 e. The van der Waals surface area contributed by atoms with Gasteiger partial charge in [-0.1, -0.05) is 0 Å². The summed E-state index contributed by atoms with van der Waals surface area (Å²) in [5.74, 6) is -0.980. The summed E-state index contributed by atoms with van der Waals surface area (Å²) in [4.78, 5) is 25.4. The van der Waals surface area contributed by atoms with Crippen molar-refractivity contribution < 1.29 is 19.2 Å². The van der Waals surface area contributed by atoms with Crippen LogP contribution in [0.15, 0.2) is 0 Å². The molecule has 0 saturated carbocycles. The summed E-state index contributed by atoms with van der Waals surface area (Å²) in [6.07, 6.45) is -0.813. The van der Waals surface area contributed by atoms with Crippen LogP contribution >= 0.6 is 0 Å². The van der Waals surface area contributed by atoms with E-state index in [-0.39, 0.29) is 0 Å². The molecule has 11 heavy (non-hydrogen) atoms. The molecule has 0 aromatic carbocycles. The molecule has 0 fully saturated rings. The maximum absolute atomic E-state index is 10.8. The number of hydroxylamine groups is 1. The highest BCUT2D eigenvalue weighted by Crippen LogP contribution is 1.90. The average Bonchev–Trinajstić information content (AvgIpc) is 1.86. The highest BCUT2D eigenvalue weighted by atomic mass is 16.6. The summed E-state index contributed by atoms with van der Waals surface area (Å²) in [6, 6.07) is 0. The van der Waals surface area contributed by atoms with E-state index >= 15 is 0 Å². The first-order valence-electron chi connectivity index (χ1n) is 3.08. The maximum Gasteiger partial charge on any atom is 0.303 e. The van der Waals surface area contributed by atoms with Crippen molar-refractivity contribution >= 4 is 11.9 Å². The van der Waals surface area contributed by atoms with Crippen molar-refractivity contribution in [2.45, 2.75) is 20.0 Å². The SMILES string of the molecule is CONC(=O)[C@H](C)OC(C)=O. The van der Waals surface area contributed by atoms with E-state index in [2.05, 4.69) is 9.57 Å². The minimum atomic E-state index is -0.813. The van der Waals surface area contributed by atoms with Crippen LogP contribution in [0.1, 0.15) is 13.8 Å². The standard InChI is InChI=1S/C6H11NO4/c1-4(11-5(2)8)6(9)7-10-3/h4H,1-3H3,(H,7,9)/t4-/m0/s1. The first kappa shape index (κ1) is 9.90. The zero-order valence-corrected chi connectivity index (χ0v) is 6.71. The Bertz CT molecular complexity index is 157. The maximum atomic E-state index is 10.8. The quantitative estimate of drug-likeness (QED) is 0.452. The van der Waals surface area contributed by atoms with Crippen LogP contribution in [0.25, 0.3) is 0 Å². The van der Waals surface area contributed by atoms with Crippen LogP contribution in [0.2, 0.25) is 0 Å². The normalized spacial score (nSPS) is 11.9. The number of ether oxygens (including phenoxy) is 1. The van der Waals surface area contributed by atoms with E-state index in [9.17, 15) is 9.59 Å². The van der Waals surface area contributed by atoms with Crippen LogP contribution in [-0.4, -0.2) is 25.1 Å². The second-order valence-corrected chi connectivity index (χ2v) is 1.92. The molecule has 0 aliphatic heterocycles. The molecule has 64 valence electrons. The van der Waals surface area contributed by atoms with Gasteiger partial charge in [0.25, 0.3) is 5.91 Å². The Kier molecular flexibility index (Phi) is 4.21. The third kappa shape index (κ3) is 4.32. The number of rotatable bonds is 3. The van der Waals surface area contributed by atoms with Crippen molar-refractivity contribution in [3.63, 3.8) is 0 Å². The molecule has 0 saturated heterocycles. The highest BCUT2D eigenvalue weighted by molar-refractivity contribution is 5.81. The Balaban J connectivity index is 3.73. The van der Waals surface area contributed by atoms with Crippen LogP contribution in [0.3, 0.4) is 0 Å². The van der Waals surface area contributed by atoms with Gasteiger partial charge in [0, 0.05) is 6.92 Å². The second-order valence-electron chi connectivity index (χ2n) is 1.92. The summed E-state index contributed by atoms with van der Waals surface area (Å²) in [5.41, 5.74) is 2.03. The van der Waals surface area contributed by atoms with E-state index in [1.165, 1.54) is 21.0 Å². The van der Waals surface area contributed by atoms with Gasteiger partial charge in [-0.05, 0) is 6.92 Å². The lowest BCUT2D eigenvalue weighted by atomic mass is 10.4. The number of amides is 1. The molecule has 0 aliphatic carbocycles. The van der Waals surface area contributed by atoms with E-state index in [1.54, 1.807) is 0 Å². The van der Waals surface area contributed by atoms with E-state index in [0.717, 1.165) is 0 Å². The molecule has 0 aromatic rings. The number of hydrogen-bond donors (Lipinski definition) is 1. The summed E-state index contributed by atoms with van der Waals surface area (Å²) < 4.78 is 4.53. The van der Waals surface area contributed by atoms with Gasteiger partial charge in [0.2, 0.25) is 0 Å². The van der Waals surface area contributed by atoms with Crippen LogP contribution in [0, 0.1) is 0 Å². The van der Waals surface area contributed by atoms with Crippen LogP contribution in [0.5, 0.6) is 0 Å². The van der Waals surface area contributed by atoms with Crippen molar-refractivity contribution in [1.82, 2.24) is 5.48 Å². The Morgan fingerprint density at radius 1 is 1.45 bits per heavy atom. The van der Waals surface area contributed by atoms with E-state index in [0.29, 0.717) is 0 Å². The molecule has 5 nitrogen and oxygen atoms in total. The van der Waals surface area contributed by atoms with Gasteiger partial charge < -0.3 is 4.74 Å². The number of nitrogens with one attached hydrogen (secondary N) is 1. The number of carbonyl (C=O) groups excluding carboxylic acids is 2. The molecule has 0 heterocycles. The molecule has 0 rings (SSSR count). The predicted octanol–water partition coefficient (Wildman–Crippen LogP) is -0.384. The number of carbonyl (C=O) groups is 2. The smallest absolute Gasteiger partial charge is 0.303 e. The lowest BCUT2D eigenvalue weighted by molar-refractivity contribution is -0.157. The summed E-state index contributed by atoms with van der Waals surface area (Å²) >= 11 is 0. The van der Waals surface area contributed by atoms with Gasteiger partial charge >= 0.3 is 5.97 Å². The van der Waals surface area contributed by atoms with E-state index < -0.39 is 18.0 Å². The van der Waals surface area contributed by atoms with Crippen molar-refractivity contribution in [2.75, 3.05) is 7.11 Å². The molecular formula is C6H11NO4. The fraction of sp³-hybridized carbons (Fsp3) is 0.667. The van der Waals surface area contributed by atoms with Crippen molar-refractivity contribution in [3.05, 3.63) is 0 Å².